The highest BCUT2D eigenvalue weighted by Gasteiger charge is 2.24. The summed E-state index contributed by atoms with van der Waals surface area (Å²) < 4.78 is 32.2. The van der Waals surface area contributed by atoms with Gasteiger partial charge in [0.2, 0.25) is 0 Å². The lowest BCUT2D eigenvalue weighted by molar-refractivity contribution is -0.142. The van der Waals surface area contributed by atoms with Gasteiger partial charge in [0, 0.05) is 17.0 Å². The summed E-state index contributed by atoms with van der Waals surface area (Å²) >= 11 is 3.31. The molecule has 24 heavy (non-hydrogen) atoms. The minimum Gasteiger partial charge on any atom is -0.467 e. The molecule has 0 fully saturated rings. The first-order valence-corrected chi connectivity index (χ1v) is 7.78. The Morgan fingerprint density at radius 2 is 1.83 bits per heavy atom. The molecular formula is C17H14BrF2NO3. The number of hydrogen-bond acceptors (Lipinski definition) is 3. The summed E-state index contributed by atoms with van der Waals surface area (Å²) in [5.74, 6) is -3.27. The number of nitrogens with one attached hydrogen (secondary N) is 1. The molecule has 0 aliphatic heterocycles. The predicted molar refractivity (Wildman–Crippen MR) is 87.5 cm³/mol. The van der Waals surface area contributed by atoms with E-state index in [0.717, 1.165) is 22.2 Å². The fourth-order valence-electron chi connectivity index (χ4n) is 2.10. The smallest absolute Gasteiger partial charge is 0.328 e. The number of esters is 1. The summed E-state index contributed by atoms with van der Waals surface area (Å²) in [6, 6.07) is 8.77. The Kier molecular flexibility index (Phi) is 6.03. The van der Waals surface area contributed by atoms with Crippen LogP contribution in [0, 0.1) is 11.6 Å². The average molecular weight is 398 g/mol. The molecule has 0 heterocycles. The predicted octanol–water partition coefficient (Wildman–Crippen LogP) is 3.24. The SMILES string of the molecule is COC(=O)[C@H](Cc1ccc(Br)cc1)NC(=O)c1ccc(F)cc1F. The lowest BCUT2D eigenvalue weighted by Crippen LogP contribution is -2.43. The molecule has 0 bridgehead atoms. The molecule has 2 aromatic rings. The van der Waals surface area contributed by atoms with Crippen LogP contribution in [0.15, 0.2) is 46.9 Å². The Morgan fingerprint density at radius 1 is 1.17 bits per heavy atom. The van der Waals surface area contributed by atoms with Gasteiger partial charge in [0.05, 0.1) is 12.7 Å². The van der Waals surface area contributed by atoms with Crippen molar-refractivity contribution in [3.63, 3.8) is 0 Å². The molecule has 0 spiro atoms. The third-order valence-electron chi connectivity index (χ3n) is 3.32. The Morgan fingerprint density at radius 3 is 2.42 bits per heavy atom. The molecule has 0 saturated heterocycles. The molecule has 0 unspecified atom stereocenters. The first-order chi connectivity index (χ1) is 11.4. The van der Waals surface area contributed by atoms with Crippen LogP contribution in [0.4, 0.5) is 8.78 Å². The fourth-order valence-corrected chi connectivity index (χ4v) is 2.37. The first kappa shape index (κ1) is 18.1. The summed E-state index contributed by atoms with van der Waals surface area (Å²) in [6.45, 7) is 0. The van der Waals surface area contributed by atoms with Gasteiger partial charge in [-0.05, 0) is 29.8 Å². The van der Waals surface area contributed by atoms with Crippen LogP contribution in [0.5, 0.6) is 0 Å². The van der Waals surface area contributed by atoms with E-state index >= 15 is 0 Å². The van der Waals surface area contributed by atoms with Gasteiger partial charge < -0.3 is 10.1 Å². The van der Waals surface area contributed by atoms with Gasteiger partial charge in [-0.25, -0.2) is 13.6 Å². The van der Waals surface area contributed by atoms with Gasteiger partial charge >= 0.3 is 5.97 Å². The van der Waals surface area contributed by atoms with E-state index in [1.54, 1.807) is 24.3 Å². The van der Waals surface area contributed by atoms with Crippen LogP contribution in [0.25, 0.3) is 0 Å². The minimum atomic E-state index is -1.00. The highest BCUT2D eigenvalue weighted by atomic mass is 79.9. The van der Waals surface area contributed by atoms with Crippen LogP contribution >= 0.6 is 15.9 Å². The maximum atomic E-state index is 13.7. The second-order valence-corrected chi connectivity index (χ2v) is 5.92. The van der Waals surface area contributed by atoms with Crippen molar-refractivity contribution in [1.29, 1.82) is 0 Å². The van der Waals surface area contributed by atoms with Crippen molar-refractivity contribution in [3.8, 4) is 0 Å². The number of ether oxygens (including phenoxy) is 1. The van der Waals surface area contributed by atoms with Gasteiger partial charge in [0.25, 0.3) is 5.91 Å². The van der Waals surface area contributed by atoms with Crippen LogP contribution in [0.3, 0.4) is 0 Å². The van der Waals surface area contributed by atoms with Crippen molar-refractivity contribution < 1.29 is 23.1 Å². The third kappa shape index (κ3) is 4.61. The number of amides is 1. The molecule has 0 aliphatic carbocycles. The van der Waals surface area contributed by atoms with Crippen LogP contribution in [-0.2, 0) is 16.0 Å². The molecule has 7 heteroatoms. The molecule has 0 saturated carbocycles. The summed E-state index contributed by atoms with van der Waals surface area (Å²) in [4.78, 5) is 24.1. The second-order valence-electron chi connectivity index (χ2n) is 5.00. The van der Waals surface area contributed by atoms with Gasteiger partial charge in [-0.3, -0.25) is 4.79 Å². The summed E-state index contributed by atoms with van der Waals surface area (Å²) in [5, 5.41) is 2.42. The van der Waals surface area contributed by atoms with E-state index in [0.29, 0.717) is 6.07 Å². The lowest BCUT2D eigenvalue weighted by atomic mass is 10.1. The largest absolute Gasteiger partial charge is 0.467 e. The third-order valence-corrected chi connectivity index (χ3v) is 3.85. The normalized spacial score (nSPS) is 11.7. The number of methoxy groups -OCH3 is 1. The second kappa shape index (κ2) is 8.01. The monoisotopic (exact) mass is 397 g/mol. The number of carbonyl (C=O) groups excluding carboxylic acids is 2. The molecule has 2 rings (SSSR count). The number of hydrogen-bond donors (Lipinski definition) is 1. The van der Waals surface area contributed by atoms with Crippen molar-refractivity contribution in [2.45, 2.75) is 12.5 Å². The maximum Gasteiger partial charge on any atom is 0.328 e. The minimum absolute atomic E-state index is 0.175. The van der Waals surface area contributed by atoms with Crippen LogP contribution in [0.2, 0.25) is 0 Å². The van der Waals surface area contributed by atoms with Gasteiger partial charge in [0.1, 0.15) is 17.7 Å². The van der Waals surface area contributed by atoms with Crippen LogP contribution in [-0.4, -0.2) is 25.0 Å². The molecule has 1 atom stereocenters. The van der Waals surface area contributed by atoms with Gasteiger partial charge in [0.15, 0.2) is 0 Å². The quantitative estimate of drug-likeness (QED) is 0.787. The van der Waals surface area contributed by atoms with Crippen molar-refractivity contribution in [1.82, 2.24) is 5.32 Å². The number of rotatable bonds is 5. The van der Waals surface area contributed by atoms with E-state index in [1.165, 1.54) is 7.11 Å². The summed E-state index contributed by atoms with van der Waals surface area (Å²) in [7, 11) is 1.20. The topological polar surface area (TPSA) is 55.4 Å². The molecule has 1 N–H and O–H groups in total. The Hall–Kier alpha value is -2.28. The van der Waals surface area contributed by atoms with Crippen LogP contribution < -0.4 is 5.32 Å². The van der Waals surface area contributed by atoms with E-state index in [4.69, 9.17) is 0 Å². The highest BCUT2D eigenvalue weighted by molar-refractivity contribution is 9.10. The van der Waals surface area contributed by atoms with Crippen molar-refractivity contribution in [3.05, 3.63) is 69.7 Å². The molecule has 1 amide bonds. The molecule has 0 aromatic heterocycles. The first-order valence-electron chi connectivity index (χ1n) is 6.99. The highest BCUT2D eigenvalue weighted by Crippen LogP contribution is 2.14. The van der Waals surface area contributed by atoms with E-state index in [-0.39, 0.29) is 12.0 Å². The number of halogens is 3. The molecule has 2 aromatic carbocycles. The van der Waals surface area contributed by atoms with Gasteiger partial charge in [-0.1, -0.05) is 28.1 Å². The van der Waals surface area contributed by atoms with Crippen molar-refractivity contribution >= 4 is 27.8 Å². The zero-order valence-electron chi connectivity index (χ0n) is 12.7. The molecule has 0 aliphatic rings. The summed E-state index contributed by atoms with van der Waals surface area (Å²) in [6.07, 6.45) is 0.175. The Bertz CT molecular complexity index is 750. The van der Waals surface area contributed by atoms with Crippen molar-refractivity contribution in [2.24, 2.45) is 0 Å². The van der Waals surface area contributed by atoms with E-state index < -0.39 is 29.6 Å². The van der Waals surface area contributed by atoms with Crippen LogP contribution in [0.1, 0.15) is 15.9 Å². The van der Waals surface area contributed by atoms with E-state index in [1.807, 2.05) is 0 Å². The molecule has 126 valence electrons. The lowest BCUT2D eigenvalue weighted by Gasteiger charge is -2.17. The number of benzene rings is 2. The van der Waals surface area contributed by atoms with E-state index in [2.05, 4.69) is 26.0 Å². The van der Waals surface area contributed by atoms with E-state index in [9.17, 15) is 18.4 Å². The fraction of sp³-hybridized carbons (Fsp3) is 0.176. The zero-order valence-corrected chi connectivity index (χ0v) is 14.3. The van der Waals surface area contributed by atoms with Gasteiger partial charge in [-0.15, -0.1) is 0 Å². The van der Waals surface area contributed by atoms with Crippen molar-refractivity contribution in [2.75, 3.05) is 7.11 Å². The maximum absolute atomic E-state index is 13.7. The van der Waals surface area contributed by atoms with Gasteiger partial charge in [-0.2, -0.15) is 0 Å². The summed E-state index contributed by atoms with van der Waals surface area (Å²) in [5.41, 5.74) is 0.439. The molecule has 4 nitrogen and oxygen atoms in total. The number of carbonyl (C=O) groups is 2. The Labute approximate surface area is 145 Å². The molecule has 0 radical (unpaired) electrons. The average Bonchev–Trinajstić information content (AvgIpc) is 2.55. The Balaban J connectivity index is 2.17. The molecular weight excluding hydrogens is 384 g/mol. The zero-order chi connectivity index (χ0) is 17.7. The standard InChI is InChI=1S/C17H14BrF2NO3/c1-24-17(23)15(8-10-2-4-11(18)5-3-10)21-16(22)13-7-6-12(19)9-14(13)20/h2-7,9,15H,8H2,1H3,(H,21,22)/t15-/m0/s1.